The van der Waals surface area contributed by atoms with Crippen LogP contribution in [0.15, 0.2) is 42.5 Å². The van der Waals surface area contributed by atoms with Crippen molar-refractivity contribution in [3.63, 3.8) is 0 Å². The van der Waals surface area contributed by atoms with Crippen LogP contribution in [0.25, 0.3) is 0 Å². The molecule has 9 heteroatoms. The normalized spacial score (nSPS) is 22.0. The molecule has 2 fully saturated rings. The molecule has 5 rings (SSSR count). The highest BCUT2D eigenvalue weighted by Crippen LogP contribution is 2.35. The van der Waals surface area contributed by atoms with E-state index < -0.39 is 11.7 Å². The molecule has 3 aliphatic rings. The van der Waals surface area contributed by atoms with Crippen LogP contribution in [0.3, 0.4) is 0 Å². The van der Waals surface area contributed by atoms with E-state index in [1.165, 1.54) is 12.1 Å². The van der Waals surface area contributed by atoms with Gasteiger partial charge in [-0.25, -0.2) is 0 Å². The third-order valence-electron chi connectivity index (χ3n) is 6.92. The summed E-state index contributed by atoms with van der Waals surface area (Å²) < 4.78 is 49.3. The van der Waals surface area contributed by atoms with Gasteiger partial charge in [0.1, 0.15) is 0 Å². The molecular formula is C25H25F3N2O4. The van der Waals surface area contributed by atoms with Crippen molar-refractivity contribution >= 4 is 11.8 Å². The van der Waals surface area contributed by atoms with E-state index in [0.717, 1.165) is 17.7 Å². The number of piperidine rings is 2. The van der Waals surface area contributed by atoms with E-state index in [-0.39, 0.29) is 43.5 Å². The summed E-state index contributed by atoms with van der Waals surface area (Å²) in [5, 5.41) is 0. The first kappa shape index (κ1) is 22.6. The molecule has 3 heterocycles. The number of nitrogens with zero attached hydrogens (tertiary/aromatic N) is 2. The molecule has 0 unspecified atom stereocenters. The topological polar surface area (TPSA) is 59.1 Å². The maximum atomic E-state index is 13.0. The molecule has 3 aliphatic heterocycles. The standard InChI is InChI=1S/C25H25F3N2O4/c26-25(27,28)19-5-1-16(2-6-19)13-30-20-9-10-29(14-18(20)4-8-23(30)31)24(32)12-17-3-7-21-22(11-17)34-15-33-21/h1-3,5-7,11,18,20H,4,8-10,12-15H2/t18-,20+/m1/s1. The molecule has 2 aromatic carbocycles. The smallest absolute Gasteiger partial charge is 0.416 e. The number of carbonyl (C=O) groups excluding carboxylic acids is 2. The van der Waals surface area contributed by atoms with Gasteiger partial charge in [0.2, 0.25) is 18.6 Å². The van der Waals surface area contributed by atoms with E-state index in [0.29, 0.717) is 49.4 Å². The summed E-state index contributed by atoms with van der Waals surface area (Å²) in [5.41, 5.74) is 0.829. The van der Waals surface area contributed by atoms with Crippen molar-refractivity contribution in [1.82, 2.24) is 9.80 Å². The van der Waals surface area contributed by atoms with Crippen molar-refractivity contribution in [1.29, 1.82) is 0 Å². The van der Waals surface area contributed by atoms with Gasteiger partial charge in [-0.05, 0) is 54.2 Å². The molecule has 0 radical (unpaired) electrons. The molecule has 0 bridgehead atoms. The average molecular weight is 474 g/mol. The maximum Gasteiger partial charge on any atom is 0.416 e. The van der Waals surface area contributed by atoms with Crippen LogP contribution in [-0.2, 0) is 28.7 Å². The number of halogens is 3. The lowest BCUT2D eigenvalue weighted by atomic mass is 9.83. The zero-order valence-electron chi connectivity index (χ0n) is 18.5. The van der Waals surface area contributed by atoms with Crippen LogP contribution in [0.4, 0.5) is 13.2 Å². The third-order valence-corrected chi connectivity index (χ3v) is 6.92. The number of ether oxygens (including phenoxy) is 2. The van der Waals surface area contributed by atoms with Gasteiger partial charge in [0.25, 0.3) is 0 Å². The zero-order valence-corrected chi connectivity index (χ0v) is 18.5. The Morgan fingerprint density at radius 1 is 1.00 bits per heavy atom. The predicted octanol–water partition coefficient (Wildman–Crippen LogP) is 4.02. The van der Waals surface area contributed by atoms with E-state index in [1.807, 2.05) is 23.1 Å². The van der Waals surface area contributed by atoms with Gasteiger partial charge in [-0.1, -0.05) is 18.2 Å². The zero-order chi connectivity index (χ0) is 23.9. The first-order valence-electron chi connectivity index (χ1n) is 11.4. The quantitative estimate of drug-likeness (QED) is 0.672. The molecule has 2 amide bonds. The van der Waals surface area contributed by atoms with Crippen molar-refractivity contribution in [2.45, 2.75) is 44.4 Å². The van der Waals surface area contributed by atoms with Crippen molar-refractivity contribution in [3.05, 3.63) is 59.2 Å². The Labute approximate surface area is 195 Å². The average Bonchev–Trinajstić information content (AvgIpc) is 3.28. The first-order chi connectivity index (χ1) is 16.3. The Balaban J connectivity index is 1.22. The summed E-state index contributed by atoms with van der Waals surface area (Å²) in [7, 11) is 0. The Kier molecular flexibility index (Phi) is 5.87. The van der Waals surface area contributed by atoms with Gasteiger partial charge in [-0.2, -0.15) is 13.2 Å². The Bertz CT molecular complexity index is 1090. The van der Waals surface area contributed by atoms with Crippen LogP contribution in [0.5, 0.6) is 11.5 Å². The van der Waals surface area contributed by atoms with Gasteiger partial charge in [-0.15, -0.1) is 0 Å². The van der Waals surface area contributed by atoms with E-state index in [4.69, 9.17) is 9.47 Å². The van der Waals surface area contributed by atoms with Crippen LogP contribution in [0.1, 0.15) is 36.0 Å². The Morgan fingerprint density at radius 2 is 1.74 bits per heavy atom. The fraction of sp³-hybridized carbons (Fsp3) is 0.440. The minimum atomic E-state index is -4.38. The van der Waals surface area contributed by atoms with Crippen molar-refractivity contribution in [3.8, 4) is 11.5 Å². The summed E-state index contributed by atoms with van der Waals surface area (Å²) in [6, 6.07) is 10.5. The molecule has 34 heavy (non-hydrogen) atoms. The molecule has 0 spiro atoms. The highest BCUT2D eigenvalue weighted by atomic mass is 19.4. The van der Waals surface area contributed by atoms with Crippen LogP contribution in [0, 0.1) is 5.92 Å². The summed E-state index contributed by atoms with van der Waals surface area (Å²) in [6.07, 6.45) is -2.37. The number of hydrogen-bond acceptors (Lipinski definition) is 4. The molecule has 2 saturated heterocycles. The molecule has 6 nitrogen and oxygen atoms in total. The minimum Gasteiger partial charge on any atom is -0.454 e. The molecule has 0 aliphatic carbocycles. The Hall–Kier alpha value is -3.23. The summed E-state index contributed by atoms with van der Waals surface area (Å²) >= 11 is 0. The fourth-order valence-electron chi connectivity index (χ4n) is 5.12. The number of carbonyl (C=O) groups is 2. The lowest BCUT2D eigenvalue weighted by Gasteiger charge is -2.47. The number of hydrogen-bond donors (Lipinski definition) is 0. The predicted molar refractivity (Wildman–Crippen MR) is 116 cm³/mol. The SMILES string of the molecule is O=C(Cc1ccc2c(c1)OCO2)N1CC[C@H]2[C@H](CCC(=O)N2Cc2ccc(C(F)(F)F)cc2)C1. The molecule has 2 atom stereocenters. The van der Waals surface area contributed by atoms with Gasteiger partial charge in [-0.3, -0.25) is 9.59 Å². The molecule has 180 valence electrons. The van der Waals surface area contributed by atoms with Crippen LogP contribution in [0.2, 0.25) is 0 Å². The largest absolute Gasteiger partial charge is 0.454 e. The maximum absolute atomic E-state index is 13.0. The van der Waals surface area contributed by atoms with Gasteiger partial charge < -0.3 is 19.3 Å². The highest BCUT2D eigenvalue weighted by Gasteiger charge is 2.40. The van der Waals surface area contributed by atoms with Gasteiger partial charge in [0.15, 0.2) is 11.5 Å². The van der Waals surface area contributed by atoms with Gasteiger partial charge in [0, 0.05) is 32.1 Å². The summed E-state index contributed by atoms with van der Waals surface area (Å²) in [4.78, 5) is 29.3. The van der Waals surface area contributed by atoms with E-state index >= 15 is 0 Å². The number of alkyl halides is 3. The van der Waals surface area contributed by atoms with E-state index in [2.05, 4.69) is 0 Å². The number of likely N-dealkylation sites (tertiary alicyclic amines) is 2. The van der Waals surface area contributed by atoms with Gasteiger partial charge in [0.05, 0.1) is 12.0 Å². The molecule has 0 N–H and O–H groups in total. The van der Waals surface area contributed by atoms with Crippen LogP contribution in [-0.4, -0.2) is 47.5 Å². The number of rotatable bonds is 4. The Morgan fingerprint density at radius 3 is 2.50 bits per heavy atom. The lowest BCUT2D eigenvalue weighted by Crippen LogP contribution is -2.56. The van der Waals surface area contributed by atoms with Gasteiger partial charge >= 0.3 is 6.18 Å². The van der Waals surface area contributed by atoms with Crippen molar-refractivity contribution < 1.29 is 32.2 Å². The summed E-state index contributed by atoms with van der Waals surface area (Å²) in [5.74, 6) is 1.53. The molecular weight excluding hydrogens is 449 g/mol. The van der Waals surface area contributed by atoms with E-state index in [1.54, 1.807) is 4.90 Å². The van der Waals surface area contributed by atoms with Crippen LogP contribution >= 0.6 is 0 Å². The molecule has 0 saturated carbocycles. The van der Waals surface area contributed by atoms with Crippen LogP contribution < -0.4 is 9.47 Å². The second-order valence-corrected chi connectivity index (χ2v) is 9.08. The molecule has 2 aromatic rings. The lowest BCUT2D eigenvalue weighted by molar-refractivity contribution is -0.145. The number of amides is 2. The second kappa shape index (κ2) is 8.85. The monoisotopic (exact) mass is 474 g/mol. The number of fused-ring (bicyclic) bond motifs is 2. The summed E-state index contributed by atoms with van der Waals surface area (Å²) in [6.45, 7) is 1.58. The third kappa shape index (κ3) is 4.56. The number of benzene rings is 2. The minimum absolute atomic E-state index is 0.0151. The van der Waals surface area contributed by atoms with Crippen molar-refractivity contribution in [2.24, 2.45) is 5.92 Å². The van der Waals surface area contributed by atoms with Crippen molar-refractivity contribution in [2.75, 3.05) is 19.9 Å². The van der Waals surface area contributed by atoms with E-state index in [9.17, 15) is 22.8 Å². The first-order valence-corrected chi connectivity index (χ1v) is 11.4. The highest BCUT2D eigenvalue weighted by molar-refractivity contribution is 5.80. The fourth-order valence-corrected chi connectivity index (χ4v) is 5.12. The second-order valence-electron chi connectivity index (χ2n) is 9.08. The molecule has 0 aromatic heterocycles.